The lowest BCUT2D eigenvalue weighted by atomic mass is 9.65. The van der Waals surface area contributed by atoms with Crippen LogP contribution in [0.2, 0.25) is 10.0 Å². The molecule has 0 spiro atoms. The Morgan fingerprint density at radius 2 is 1.95 bits per heavy atom. The van der Waals surface area contributed by atoms with Crippen LogP contribution in [0.3, 0.4) is 0 Å². The predicted molar refractivity (Wildman–Crippen MR) is 159 cm³/mol. The van der Waals surface area contributed by atoms with Crippen molar-refractivity contribution in [3.63, 3.8) is 0 Å². The molecule has 1 aromatic rings. The molecule has 0 bridgehead atoms. The van der Waals surface area contributed by atoms with E-state index in [1.165, 1.54) is 7.11 Å². The number of fused-ring (bicyclic) bond motifs is 1. The molecule has 0 radical (unpaired) electrons. The zero-order chi connectivity index (χ0) is 30.8. The normalized spacial score (nSPS) is 26.2. The Morgan fingerprint density at radius 3 is 2.57 bits per heavy atom. The summed E-state index contributed by atoms with van der Waals surface area (Å²) in [6.45, 7) is 9.72. The Labute approximate surface area is 257 Å². The lowest BCUT2D eigenvalue weighted by Gasteiger charge is -2.53. The van der Waals surface area contributed by atoms with Crippen molar-refractivity contribution in [2.75, 3.05) is 26.7 Å². The van der Waals surface area contributed by atoms with Gasteiger partial charge in [-0.3, -0.25) is 19.2 Å². The summed E-state index contributed by atoms with van der Waals surface area (Å²) in [5.74, 6) is -1.75. The van der Waals surface area contributed by atoms with Gasteiger partial charge in [0.2, 0.25) is 17.7 Å². The average molecular weight is 623 g/mol. The number of amides is 3. The number of methoxy groups -OCH3 is 1. The largest absolute Gasteiger partial charge is 0.468 e. The van der Waals surface area contributed by atoms with Gasteiger partial charge in [-0.25, -0.2) is 0 Å². The number of halogens is 2. The summed E-state index contributed by atoms with van der Waals surface area (Å²) < 4.78 is 11.7. The van der Waals surface area contributed by atoms with E-state index in [-0.39, 0.29) is 48.6 Å². The number of nitrogens with zero attached hydrogens (tertiary/aromatic N) is 2. The molecule has 3 amide bonds. The molecule has 2 fully saturated rings. The fourth-order valence-corrected chi connectivity index (χ4v) is 6.63. The molecule has 9 nitrogen and oxygen atoms in total. The highest BCUT2D eigenvalue weighted by atomic mass is 35.5. The number of rotatable bonds is 9. The van der Waals surface area contributed by atoms with Gasteiger partial charge in [-0.1, -0.05) is 50.0 Å². The average Bonchev–Trinajstić information content (AvgIpc) is 3.33. The highest BCUT2D eigenvalue weighted by molar-refractivity contribution is 6.35. The molecule has 4 atom stereocenters. The van der Waals surface area contributed by atoms with Gasteiger partial charge in [0.05, 0.1) is 25.9 Å². The maximum atomic E-state index is 14.2. The van der Waals surface area contributed by atoms with Crippen LogP contribution in [-0.2, 0) is 35.2 Å². The monoisotopic (exact) mass is 621 g/mol. The molecule has 3 aliphatic heterocycles. The van der Waals surface area contributed by atoms with Gasteiger partial charge in [0.25, 0.3) is 0 Å². The first-order valence-electron chi connectivity index (χ1n) is 14.5. The van der Waals surface area contributed by atoms with Crippen molar-refractivity contribution >= 4 is 46.9 Å². The molecule has 3 heterocycles. The van der Waals surface area contributed by atoms with E-state index < -0.39 is 23.4 Å². The molecule has 42 heavy (non-hydrogen) atoms. The number of likely N-dealkylation sites (tertiary alicyclic amines) is 2. The number of benzene rings is 1. The van der Waals surface area contributed by atoms with Crippen LogP contribution >= 0.6 is 23.2 Å². The second kappa shape index (κ2) is 12.9. The highest BCUT2D eigenvalue weighted by Crippen LogP contribution is 2.52. The lowest BCUT2D eigenvalue weighted by molar-refractivity contribution is -0.180. The van der Waals surface area contributed by atoms with Gasteiger partial charge in [0.15, 0.2) is 0 Å². The fraction of sp³-hybridized carbons (Fsp3) is 0.613. The van der Waals surface area contributed by atoms with E-state index in [2.05, 4.69) is 5.32 Å². The van der Waals surface area contributed by atoms with Crippen molar-refractivity contribution in [2.24, 2.45) is 16.7 Å². The van der Waals surface area contributed by atoms with Gasteiger partial charge in [-0.05, 0) is 55.4 Å². The molecule has 0 saturated carbocycles. The van der Waals surface area contributed by atoms with Gasteiger partial charge in [-0.15, -0.1) is 0 Å². The van der Waals surface area contributed by atoms with Crippen molar-refractivity contribution in [2.45, 2.75) is 78.6 Å². The highest BCUT2D eigenvalue weighted by Gasteiger charge is 2.60. The maximum Gasteiger partial charge on any atom is 0.320 e. The van der Waals surface area contributed by atoms with Gasteiger partial charge in [0.1, 0.15) is 5.41 Å². The van der Waals surface area contributed by atoms with Crippen molar-refractivity contribution in [3.05, 3.63) is 45.6 Å². The van der Waals surface area contributed by atoms with Crippen LogP contribution in [0.4, 0.5) is 0 Å². The molecule has 230 valence electrons. The first-order valence-corrected chi connectivity index (χ1v) is 15.3. The van der Waals surface area contributed by atoms with Crippen LogP contribution < -0.4 is 5.32 Å². The number of piperidine rings is 1. The molecule has 11 heteroatoms. The maximum absolute atomic E-state index is 14.2. The van der Waals surface area contributed by atoms with Crippen LogP contribution in [0.1, 0.15) is 65.4 Å². The Hall–Kier alpha value is -2.62. The minimum Gasteiger partial charge on any atom is -0.468 e. The smallest absolute Gasteiger partial charge is 0.320 e. The molecule has 0 aliphatic carbocycles. The third kappa shape index (κ3) is 6.63. The number of hydrogen-bond acceptors (Lipinski definition) is 6. The van der Waals surface area contributed by atoms with E-state index in [9.17, 15) is 19.2 Å². The van der Waals surface area contributed by atoms with E-state index in [0.29, 0.717) is 47.2 Å². The zero-order valence-electron chi connectivity index (χ0n) is 25.0. The number of ether oxygens (including phenoxy) is 2. The standard InChI is InChI=1S/C31H41Cl2N3O6/c1-19-31(29(40)41-5)17-21(14-26(37)34-11-7-13-35-12-6-8-27(35)38)28(39)36(18-20-9-10-22(32)15-23(20)33)24(31)16-25(42-19)30(2,3)4/h9-10,15-16,19,21,25H,6-8,11-14,17-18H2,1-5H3,(H,34,37)/t19-,21+,25-,31+/m1/s1. The van der Waals surface area contributed by atoms with E-state index in [0.717, 1.165) is 13.0 Å². The summed E-state index contributed by atoms with van der Waals surface area (Å²) in [5, 5.41) is 3.75. The van der Waals surface area contributed by atoms with Crippen LogP contribution in [-0.4, -0.2) is 72.4 Å². The topological polar surface area (TPSA) is 105 Å². The Balaban J connectivity index is 1.63. The number of esters is 1. The number of hydrogen-bond donors (Lipinski definition) is 1. The molecule has 1 N–H and O–H groups in total. The minimum atomic E-state index is -1.30. The quantitative estimate of drug-likeness (QED) is 0.315. The molecular formula is C31H41Cl2N3O6. The van der Waals surface area contributed by atoms with E-state index in [1.807, 2.05) is 33.8 Å². The Bertz CT molecular complexity index is 1260. The second-order valence-electron chi connectivity index (χ2n) is 12.5. The summed E-state index contributed by atoms with van der Waals surface area (Å²) in [5.41, 5.74) is -0.449. The van der Waals surface area contributed by atoms with Crippen LogP contribution in [0, 0.1) is 16.7 Å². The first kappa shape index (κ1) is 32.3. The zero-order valence-corrected chi connectivity index (χ0v) is 26.5. The molecule has 1 aromatic carbocycles. The summed E-state index contributed by atoms with van der Waals surface area (Å²) in [6, 6.07) is 5.06. The number of nitrogens with one attached hydrogen (secondary N) is 1. The summed E-state index contributed by atoms with van der Waals surface area (Å²) >= 11 is 12.7. The molecule has 0 unspecified atom stereocenters. The van der Waals surface area contributed by atoms with Gasteiger partial charge < -0.3 is 24.6 Å². The van der Waals surface area contributed by atoms with Crippen molar-refractivity contribution in [3.8, 4) is 0 Å². The summed E-state index contributed by atoms with van der Waals surface area (Å²) in [4.78, 5) is 56.1. The van der Waals surface area contributed by atoms with E-state index in [1.54, 1.807) is 28.0 Å². The molecular weight excluding hydrogens is 581 g/mol. The van der Waals surface area contributed by atoms with Gasteiger partial charge in [-0.2, -0.15) is 0 Å². The Morgan fingerprint density at radius 1 is 1.21 bits per heavy atom. The molecule has 4 rings (SSSR count). The first-order chi connectivity index (χ1) is 19.8. The van der Waals surface area contributed by atoms with Crippen molar-refractivity contribution in [1.29, 1.82) is 0 Å². The van der Waals surface area contributed by atoms with Crippen LogP contribution in [0.25, 0.3) is 0 Å². The van der Waals surface area contributed by atoms with Crippen molar-refractivity contribution in [1.82, 2.24) is 15.1 Å². The molecule has 2 saturated heterocycles. The van der Waals surface area contributed by atoms with Crippen LogP contribution in [0.15, 0.2) is 30.0 Å². The number of carbonyl (C=O) groups excluding carboxylic acids is 4. The summed E-state index contributed by atoms with van der Waals surface area (Å²) in [7, 11) is 1.32. The predicted octanol–water partition coefficient (Wildman–Crippen LogP) is 4.74. The fourth-order valence-electron chi connectivity index (χ4n) is 6.16. The van der Waals surface area contributed by atoms with E-state index >= 15 is 0 Å². The molecule has 3 aliphatic rings. The van der Waals surface area contributed by atoms with Gasteiger partial charge >= 0.3 is 5.97 Å². The minimum absolute atomic E-state index is 0.0723. The SMILES string of the molecule is COC(=O)[C@]12C[C@H](CC(=O)NCCCN3CCCC3=O)C(=O)N(Cc3ccc(Cl)cc3Cl)C1=C[C@H](C(C)(C)C)O[C@@H]2C. The molecule has 0 aromatic heterocycles. The third-order valence-corrected chi connectivity index (χ3v) is 9.15. The second-order valence-corrected chi connectivity index (χ2v) is 13.4. The third-order valence-electron chi connectivity index (χ3n) is 8.56. The number of carbonyl (C=O) groups is 4. The van der Waals surface area contributed by atoms with Gasteiger partial charge in [0, 0.05) is 54.1 Å². The van der Waals surface area contributed by atoms with E-state index in [4.69, 9.17) is 32.7 Å². The lowest BCUT2D eigenvalue weighted by Crippen LogP contribution is -2.61. The van der Waals surface area contributed by atoms with Crippen molar-refractivity contribution < 1.29 is 28.7 Å². The van der Waals surface area contributed by atoms with Crippen LogP contribution in [0.5, 0.6) is 0 Å². The summed E-state index contributed by atoms with van der Waals surface area (Å²) in [6.07, 6.45) is 2.88. The Kier molecular flexibility index (Phi) is 9.95.